The van der Waals surface area contributed by atoms with Crippen molar-refractivity contribution in [2.24, 2.45) is 0 Å². The van der Waals surface area contributed by atoms with E-state index in [0.29, 0.717) is 5.56 Å². The second kappa shape index (κ2) is 13.2. The molecule has 0 fully saturated rings. The number of hydrogen-bond acceptors (Lipinski definition) is 5. The van der Waals surface area contributed by atoms with Gasteiger partial charge in [0, 0.05) is 24.2 Å². The molecule has 0 bridgehead atoms. The topological polar surface area (TPSA) is 126 Å². The summed E-state index contributed by atoms with van der Waals surface area (Å²) in [7, 11) is 0. The van der Waals surface area contributed by atoms with Crippen LogP contribution in [0.15, 0.2) is 42.5 Å². The molecule has 2 aromatic rings. The van der Waals surface area contributed by atoms with Crippen LogP contribution in [0.2, 0.25) is 0 Å². The first-order valence-electron chi connectivity index (χ1n) is 12.5. The zero-order valence-electron chi connectivity index (χ0n) is 23.0. The normalized spacial score (nSPS) is 12.2. The molecule has 0 spiro atoms. The van der Waals surface area contributed by atoms with Crippen molar-refractivity contribution in [3.63, 3.8) is 0 Å². The lowest BCUT2D eigenvalue weighted by Crippen LogP contribution is -2.52. The molecule has 0 heterocycles. The summed E-state index contributed by atoms with van der Waals surface area (Å²) >= 11 is 0. The summed E-state index contributed by atoms with van der Waals surface area (Å²) in [5, 5.41) is 10.2. The Bertz CT molecular complexity index is 1180. The standard InChI is InChI=1S/C28H36F2N4O5/c1-27(2,3)34-23(35)16-22(33-26(38)39-28(4,5)6)25(37)32-14-13-31-24(36)19-15-17(11-12-21(19)30)18-9-7-8-10-20(18)29/h7-12,15,22H,13-14,16H2,1-6H3,(H,31,36)(H,32,37)(H,33,38)(H,34,35)/t22-/m0/s1. The molecule has 11 heteroatoms. The quantitative estimate of drug-likeness (QED) is 0.357. The van der Waals surface area contributed by atoms with Crippen LogP contribution >= 0.6 is 0 Å². The van der Waals surface area contributed by atoms with Gasteiger partial charge in [-0.15, -0.1) is 0 Å². The Labute approximate surface area is 227 Å². The van der Waals surface area contributed by atoms with Gasteiger partial charge in [-0.3, -0.25) is 14.4 Å². The molecule has 2 rings (SSSR count). The van der Waals surface area contributed by atoms with Gasteiger partial charge in [0.05, 0.1) is 12.0 Å². The molecule has 39 heavy (non-hydrogen) atoms. The Morgan fingerprint density at radius 3 is 2.13 bits per heavy atom. The predicted molar refractivity (Wildman–Crippen MR) is 143 cm³/mol. The van der Waals surface area contributed by atoms with E-state index in [0.717, 1.165) is 6.07 Å². The minimum Gasteiger partial charge on any atom is -0.444 e. The lowest BCUT2D eigenvalue weighted by Gasteiger charge is -2.25. The summed E-state index contributed by atoms with van der Waals surface area (Å²) < 4.78 is 33.7. The summed E-state index contributed by atoms with van der Waals surface area (Å²) in [4.78, 5) is 50.0. The van der Waals surface area contributed by atoms with Crippen molar-refractivity contribution in [2.75, 3.05) is 13.1 Å². The molecule has 0 aromatic heterocycles. The molecular formula is C28H36F2N4O5. The van der Waals surface area contributed by atoms with E-state index in [-0.39, 0.29) is 30.6 Å². The molecule has 0 unspecified atom stereocenters. The summed E-state index contributed by atoms with van der Waals surface area (Å²) in [5.74, 6) is -3.19. The van der Waals surface area contributed by atoms with E-state index in [1.54, 1.807) is 47.6 Å². The molecule has 0 aliphatic heterocycles. The third-order valence-corrected chi connectivity index (χ3v) is 5.02. The number of carbonyl (C=O) groups excluding carboxylic acids is 4. The number of benzene rings is 2. The summed E-state index contributed by atoms with van der Waals surface area (Å²) in [6.07, 6.45) is -1.22. The molecule has 4 N–H and O–H groups in total. The lowest BCUT2D eigenvalue weighted by molar-refractivity contribution is -0.129. The van der Waals surface area contributed by atoms with Crippen LogP contribution < -0.4 is 21.3 Å². The van der Waals surface area contributed by atoms with Crippen molar-refractivity contribution in [2.45, 2.75) is 65.1 Å². The average molecular weight is 547 g/mol. The second-order valence-corrected chi connectivity index (χ2v) is 10.9. The van der Waals surface area contributed by atoms with E-state index in [4.69, 9.17) is 4.74 Å². The third kappa shape index (κ3) is 10.7. The Hall–Kier alpha value is -4.02. The van der Waals surface area contributed by atoms with Crippen LogP contribution in [-0.2, 0) is 14.3 Å². The first-order chi connectivity index (χ1) is 18.1. The van der Waals surface area contributed by atoms with Gasteiger partial charge in [0.1, 0.15) is 23.3 Å². The first-order valence-corrected chi connectivity index (χ1v) is 12.5. The SMILES string of the molecule is CC(C)(C)NC(=O)C[C@H](NC(=O)OC(C)(C)C)C(=O)NCCNC(=O)c1cc(-c2ccccc2F)ccc1F. The van der Waals surface area contributed by atoms with Crippen molar-refractivity contribution in [3.05, 3.63) is 59.7 Å². The monoisotopic (exact) mass is 546 g/mol. The molecule has 4 amide bonds. The molecule has 1 atom stereocenters. The number of halogens is 2. The maximum atomic E-state index is 14.3. The van der Waals surface area contributed by atoms with Crippen molar-refractivity contribution in [1.82, 2.24) is 21.3 Å². The van der Waals surface area contributed by atoms with E-state index in [1.807, 2.05) is 0 Å². The highest BCUT2D eigenvalue weighted by molar-refractivity contribution is 5.96. The van der Waals surface area contributed by atoms with Crippen molar-refractivity contribution in [3.8, 4) is 11.1 Å². The van der Waals surface area contributed by atoms with Crippen molar-refractivity contribution >= 4 is 23.8 Å². The third-order valence-electron chi connectivity index (χ3n) is 5.02. The second-order valence-electron chi connectivity index (χ2n) is 10.9. The van der Waals surface area contributed by atoms with E-state index < -0.39 is 52.6 Å². The van der Waals surface area contributed by atoms with E-state index in [2.05, 4.69) is 21.3 Å². The van der Waals surface area contributed by atoms with Crippen LogP contribution in [-0.4, -0.2) is 54.1 Å². The molecule has 2 aromatic carbocycles. The van der Waals surface area contributed by atoms with Gasteiger partial charge in [-0.1, -0.05) is 24.3 Å². The summed E-state index contributed by atoms with van der Waals surface area (Å²) in [6.45, 7) is 10.1. The maximum Gasteiger partial charge on any atom is 0.408 e. The molecule has 0 radical (unpaired) electrons. The number of ether oxygens (including phenoxy) is 1. The Morgan fingerprint density at radius 2 is 1.51 bits per heavy atom. The predicted octanol–water partition coefficient (Wildman–Crippen LogP) is 3.68. The number of rotatable bonds is 9. The van der Waals surface area contributed by atoms with Gasteiger partial charge in [0.25, 0.3) is 5.91 Å². The Kier molecular flexibility index (Phi) is 10.5. The van der Waals surface area contributed by atoms with Gasteiger partial charge in [0.2, 0.25) is 11.8 Å². The van der Waals surface area contributed by atoms with Gasteiger partial charge in [-0.05, 0) is 65.3 Å². The molecular weight excluding hydrogens is 510 g/mol. The van der Waals surface area contributed by atoms with Crippen LogP contribution in [0.3, 0.4) is 0 Å². The molecule has 0 aliphatic carbocycles. The van der Waals surface area contributed by atoms with Gasteiger partial charge in [-0.2, -0.15) is 0 Å². The van der Waals surface area contributed by atoms with Crippen LogP contribution in [0, 0.1) is 11.6 Å². The number of hydrogen-bond donors (Lipinski definition) is 4. The van der Waals surface area contributed by atoms with E-state index in [1.165, 1.54) is 30.3 Å². The van der Waals surface area contributed by atoms with E-state index >= 15 is 0 Å². The van der Waals surface area contributed by atoms with Crippen molar-refractivity contribution in [1.29, 1.82) is 0 Å². The number of amides is 4. The Morgan fingerprint density at radius 1 is 0.872 bits per heavy atom. The highest BCUT2D eigenvalue weighted by Gasteiger charge is 2.28. The van der Waals surface area contributed by atoms with Gasteiger partial charge < -0.3 is 26.0 Å². The van der Waals surface area contributed by atoms with Crippen molar-refractivity contribution < 1.29 is 32.7 Å². The lowest BCUT2D eigenvalue weighted by atomic mass is 10.0. The molecule has 9 nitrogen and oxygen atoms in total. The fraction of sp³-hybridized carbons (Fsp3) is 0.429. The fourth-order valence-electron chi connectivity index (χ4n) is 3.46. The zero-order valence-corrected chi connectivity index (χ0v) is 23.0. The first kappa shape index (κ1) is 31.2. The highest BCUT2D eigenvalue weighted by Crippen LogP contribution is 2.24. The summed E-state index contributed by atoms with van der Waals surface area (Å²) in [6, 6.07) is 8.38. The fourth-order valence-corrected chi connectivity index (χ4v) is 3.46. The van der Waals surface area contributed by atoms with Crippen LogP contribution in [0.25, 0.3) is 11.1 Å². The smallest absolute Gasteiger partial charge is 0.408 e. The largest absolute Gasteiger partial charge is 0.444 e. The average Bonchev–Trinajstić information content (AvgIpc) is 2.79. The molecule has 0 saturated carbocycles. The van der Waals surface area contributed by atoms with Crippen LogP contribution in [0.1, 0.15) is 58.3 Å². The van der Waals surface area contributed by atoms with E-state index in [9.17, 15) is 28.0 Å². The molecule has 212 valence electrons. The van der Waals surface area contributed by atoms with Gasteiger partial charge >= 0.3 is 6.09 Å². The molecule has 0 saturated heterocycles. The molecule has 0 aliphatic rings. The van der Waals surface area contributed by atoms with Crippen LogP contribution in [0.4, 0.5) is 13.6 Å². The minimum absolute atomic E-state index is 0.0768. The maximum absolute atomic E-state index is 14.3. The van der Waals surface area contributed by atoms with Crippen LogP contribution in [0.5, 0.6) is 0 Å². The zero-order chi connectivity index (χ0) is 29.4. The highest BCUT2D eigenvalue weighted by atomic mass is 19.1. The minimum atomic E-state index is -1.24. The number of nitrogens with one attached hydrogen (secondary N) is 4. The van der Waals surface area contributed by atoms with Gasteiger partial charge in [-0.25, -0.2) is 13.6 Å². The Balaban J connectivity index is 2.00. The van der Waals surface area contributed by atoms with Gasteiger partial charge in [0.15, 0.2) is 0 Å². The number of alkyl carbamates (subject to hydrolysis) is 1. The number of carbonyl (C=O) groups is 4. The summed E-state index contributed by atoms with van der Waals surface area (Å²) in [5.41, 5.74) is -1.10.